The number of carbonyl (C=O) groups excluding carboxylic acids is 2. The zero-order valence-electron chi connectivity index (χ0n) is 12.0. The van der Waals surface area contributed by atoms with E-state index in [1.165, 1.54) is 0 Å². The first kappa shape index (κ1) is 15.0. The fraction of sp³-hybridized carbons (Fsp3) is 0.857. The zero-order chi connectivity index (χ0) is 13.7. The molecule has 1 aliphatic rings. The van der Waals surface area contributed by atoms with Crippen molar-refractivity contribution in [2.75, 3.05) is 6.54 Å². The Bertz CT molecular complexity index is 302. The van der Waals surface area contributed by atoms with Crippen molar-refractivity contribution in [1.82, 2.24) is 10.2 Å². The highest BCUT2D eigenvalue weighted by Crippen LogP contribution is 2.19. The summed E-state index contributed by atoms with van der Waals surface area (Å²) in [7, 11) is 0. The SMILES string of the molecule is CCCCCN1C(=O)C(CC)NC(=O)C1C(C)C. The zero-order valence-corrected chi connectivity index (χ0v) is 12.0. The van der Waals surface area contributed by atoms with Crippen LogP contribution in [0.15, 0.2) is 0 Å². The molecule has 0 saturated carbocycles. The maximum Gasteiger partial charge on any atom is 0.245 e. The van der Waals surface area contributed by atoms with E-state index < -0.39 is 0 Å². The number of rotatable bonds is 6. The van der Waals surface area contributed by atoms with Gasteiger partial charge in [-0.05, 0) is 18.8 Å². The molecule has 4 nitrogen and oxygen atoms in total. The van der Waals surface area contributed by atoms with Crippen LogP contribution >= 0.6 is 0 Å². The molecule has 2 atom stereocenters. The predicted molar refractivity (Wildman–Crippen MR) is 72.1 cm³/mol. The van der Waals surface area contributed by atoms with Gasteiger partial charge < -0.3 is 10.2 Å². The number of piperazine rings is 1. The number of amides is 2. The van der Waals surface area contributed by atoms with Crippen LogP contribution in [0.1, 0.15) is 53.4 Å². The summed E-state index contributed by atoms with van der Waals surface area (Å²) in [5, 5.41) is 2.84. The van der Waals surface area contributed by atoms with Crippen molar-refractivity contribution in [3.63, 3.8) is 0 Å². The van der Waals surface area contributed by atoms with E-state index in [2.05, 4.69) is 12.2 Å². The Morgan fingerprint density at radius 3 is 2.39 bits per heavy atom. The monoisotopic (exact) mass is 254 g/mol. The van der Waals surface area contributed by atoms with E-state index in [1.807, 2.05) is 20.8 Å². The van der Waals surface area contributed by atoms with Gasteiger partial charge >= 0.3 is 0 Å². The van der Waals surface area contributed by atoms with E-state index >= 15 is 0 Å². The highest BCUT2D eigenvalue weighted by molar-refractivity contribution is 5.97. The van der Waals surface area contributed by atoms with Gasteiger partial charge in [-0.25, -0.2) is 0 Å². The smallest absolute Gasteiger partial charge is 0.245 e. The first-order chi connectivity index (χ1) is 8.52. The largest absolute Gasteiger partial charge is 0.343 e. The third-order valence-corrected chi connectivity index (χ3v) is 3.54. The summed E-state index contributed by atoms with van der Waals surface area (Å²) in [5.41, 5.74) is 0. The lowest BCUT2D eigenvalue weighted by Crippen LogP contribution is -2.64. The third-order valence-electron chi connectivity index (χ3n) is 3.54. The lowest BCUT2D eigenvalue weighted by molar-refractivity contribution is -0.151. The Balaban J connectivity index is 2.80. The lowest BCUT2D eigenvalue weighted by atomic mass is 9.96. The maximum absolute atomic E-state index is 12.3. The number of unbranched alkanes of at least 4 members (excludes halogenated alkanes) is 2. The van der Waals surface area contributed by atoms with Gasteiger partial charge in [-0.2, -0.15) is 0 Å². The molecule has 2 unspecified atom stereocenters. The highest BCUT2D eigenvalue weighted by Gasteiger charge is 2.40. The fourth-order valence-electron chi connectivity index (χ4n) is 2.52. The number of nitrogens with zero attached hydrogens (tertiary/aromatic N) is 1. The van der Waals surface area contributed by atoms with E-state index in [9.17, 15) is 9.59 Å². The summed E-state index contributed by atoms with van der Waals surface area (Å²) in [6, 6.07) is -0.619. The molecule has 1 N–H and O–H groups in total. The van der Waals surface area contributed by atoms with Crippen molar-refractivity contribution in [2.45, 2.75) is 65.5 Å². The topological polar surface area (TPSA) is 49.4 Å². The molecule has 0 aromatic carbocycles. The first-order valence-electron chi connectivity index (χ1n) is 7.13. The van der Waals surface area contributed by atoms with Crippen molar-refractivity contribution in [3.05, 3.63) is 0 Å². The molecule has 4 heteroatoms. The van der Waals surface area contributed by atoms with E-state index in [0.29, 0.717) is 13.0 Å². The molecule has 0 aromatic heterocycles. The number of nitrogens with one attached hydrogen (secondary N) is 1. The van der Waals surface area contributed by atoms with Crippen LogP contribution in [0.25, 0.3) is 0 Å². The van der Waals surface area contributed by atoms with Crippen LogP contribution in [0.4, 0.5) is 0 Å². The molecule has 1 aliphatic heterocycles. The van der Waals surface area contributed by atoms with Gasteiger partial charge in [0.1, 0.15) is 12.1 Å². The summed E-state index contributed by atoms with van der Waals surface area (Å²) in [4.78, 5) is 26.2. The molecule has 0 aromatic rings. The number of hydrogen-bond acceptors (Lipinski definition) is 2. The number of hydrogen-bond donors (Lipinski definition) is 1. The molecular weight excluding hydrogens is 228 g/mol. The van der Waals surface area contributed by atoms with Gasteiger partial charge in [0, 0.05) is 6.54 Å². The van der Waals surface area contributed by atoms with Crippen molar-refractivity contribution in [3.8, 4) is 0 Å². The Morgan fingerprint density at radius 2 is 1.89 bits per heavy atom. The summed E-state index contributed by atoms with van der Waals surface area (Å²) in [5.74, 6) is 0.258. The lowest BCUT2D eigenvalue weighted by Gasteiger charge is -2.40. The van der Waals surface area contributed by atoms with E-state index in [1.54, 1.807) is 4.90 Å². The molecule has 1 heterocycles. The summed E-state index contributed by atoms with van der Waals surface area (Å²) >= 11 is 0. The summed E-state index contributed by atoms with van der Waals surface area (Å²) < 4.78 is 0. The normalized spacial score (nSPS) is 24.6. The van der Waals surface area contributed by atoms with Crippen LogP contribution in [0.2, 0.25) is 0 Å². The van der Waals surface area contributed by atoms with Gasteiger partial charge in [0.15, 0.2) is 0 Å². The molecule has 18 heavy (non-hydrogen) atoms. The fourth-order valence-corrected chi connectivity index (χ4v) is 2.52. The molecule has 1 rings (SSSR count). The van der Waals surface area contributed by atoms with Crippen LogP contribution in [0.5, 0.6) is 0 Å². The van der Waals surface area contributed by atoms with Gasteiger partial charge in [0.25, 0.3) is 0 Å². The van der Waals surface area contributed by atoms with Crippen LogP contribution in [0, 0.1) is 5.92 Å². The average molecular weight is 254 g/mol. The van der Waals surface area contributed by atoms with Gasteiger partial charge in [0.05, 0.1) is 0 Å². The third kappa shape index (κ3) is 3.24. The Kier molecular flexibility index (Phi) is 5.63. The second kappa shape index (κ2) is 6.76. The van der Waals surface area contributed by atoms with Gasteiger partial charge in [0.2, 0.25) is 11.8 Å². The summed E-state index contributed by atoms with van der Waals surface area (Å²) in [6.45, 7) is 8.77. The predicted octanol–water partition coefficient (Wildman–Crippen LogP) is 1.94. The Morgan fingerprint density at radius 1 is 1.22 bits per heavy atom. The van der Waals surface area contributed by atoms with Gasteiger partial charge in [-0.1, -0.05) is 40.5 Å². The standard InChI is InChI=1S/C14H26N2O2/c1-5-7-8-9-16-12(10(3)4)13(17)15-11(6-2)14(16)18/h10-12H,5-9H2,1-4H3,(H,15,17). The molecule has 0 spiro atoms. The van der Waals surface area contributed by atoms with Crippen LogP contribution in [-0.4, -0.2) is 35.3 Å². The average Bonchev–Trinajstić information content (AvgIpc) is 2.32. The van der Waals surface area contributed by atoms with E-state index in [4.69, 9.17) is 0 Å². The van der Waals surface area contributed by atoms with Crippen molar-refractivity contribution >= 4 is 11.8 Å². The first-order valence-corrected chi connectivity index (χ1v) is 7.13. The van der Waals surface area contributed by atoms with Gasteiger partial charge in [-0.3, -0.25) is 9.59 Å². The molecular formula is C14H26N2O2. The minimum absolute atomic E-state index is 0.00736. The highest BCUT2D eigenvalue weighted by atomic mass is 16.2. The van der Waals surface area contributed by atoms with E-state index in [-0.39, 0.29) is 29.8 Å². The molecule has 0 bridgehead atoms. The maximum atomic E-state index is 12.3. The van der Waals surface area contributed by atoms with E-state index in [0.717, 1.165) is 19.3 Å². The van der Waals surface area contributed by atoms with Gasteiger partial charge in [-0.15, -0.1) is 0 Å². The van der Waals surface area contributed by atoms with Crippen molar-refractivity contribution in [2.24, 2.45) is 5.92 Å². The minimum atomic E-state index is -0.325. The Hall–Kier alpha value is -1.06. The van der Waals surface area contributed by atoms with Crippen LogP contribution in [-0.2, 0) is 9.59 Å². The van der Waals surface area contributed by atoms with Crippen molar-refractivity contribution < 1.29 is 9.59 Å². The molecule has 104 valence electrons. The minimum Gasteiger partial charge on any atom is -0.343 e. The van der Waals surface area contributed by atoms with Crippen LogP contribution in [0.3, 0.4) is 0 Å². The molecule has 1 fully saturated rings. The van der Waals surface area contributed by atoms with Crippen LogP contribution < -0.4 is 5.32 Å². The second-order valence-electron chi connectivity index (χ2n) is 5.40. The second-order valence-corrected chi connectivity index (χ2v) is 5.40. The Labute approximate surface area is 110 Å². The number of carbonyl (C=O) groups is 2. The molecule has 0 radical (unpaired) electrons. The summed E-state index contributed by atoms with van der Waals surface area (Å²) in [6.07, 6.45) is 3.87. The molecule has 0 aliphatic carbocycles. The quantitative estimate of drug-likeness (QED) is 0.736. The molecule has 1 saturated heterocycles. The molecule has 2 amide bonds. The van der Waals surface area contributed by atoms with Crippen molar-refractivity contribution in [1.29, 1.82) is 0 Å².